The number of Topliss-reactive ketones (excluding diaryl/α,β-unsaturated/α-hetero) is 1. The number of thioether (sulfide) groups is 1. The Hall–Kier alpha value is -2.08. The minimum Gasteiger partial charge on any atom is -0.496 e. The highest BCUT2D eigenvalue weighted by Crippen LogP contribution is 2.32. The molecule has 0 fully saturated rings. The van der Waals surface area contributed by atoms with Crippen molar-refractivity contribution in [3.05, 3.63) is 36.4 Å². The van der Waals surface area contributed by atoms with Crippen LogP contribution in [0.4, 0.5) is 0 Å². The number of carboxylic acid groups (broad SMARTS) is 1. The Morgan fingerprint density at radius 1 is 1.24 bits per heavy atom. The minimum atomic E-state index is -0.793. The van der Waals surface area contributed by atoms with Gasteiger partial charge in [-0.2, -0.15) is 0 Å². The van der Waals surface area contributed by atoms with Gasteiger partial charge in [0.1, 0.15) is 11.3 Å². The molecule has 0 bridgehead atoms. The maximum atomic E-state index is 12.8. The van der Waals surface area contributed by atoms with Crippen LogP contribution in [0.3, 0.4) is 0 Å². The zero-order valence-electron chi connectivity index (χ0n) is 14.3. The number of nitrogens with zero attached hydrogens (tertiary/aromatic N) is 1. The number of methoxy groups -OCH3 is 1. The number of ketones is 1. The fourth-order valence-corrected chi connectivity index (χ4v) is 3.73. The highest BCUT2D eigenvalue weighted by molar-refractivity contribution is 8.00. The van der Waals surface area contributed by atoms with Gasteiger partial charge in [0.05, 0.1) is 12.9 Å². The number of para-hydroxylation sites is 1. The molecule has 0 saturated heterocycles. The van der Waals surface area contributed by atoms with Crippen molar-refractivity contribution >= 4 is 29.7 Å². The Bertz CT molecular complexity index is 657. The summed E-state index contributed by atoms with van der Waals surface area (Å²) in [5.74, 6) is 0.356. The molecule has 1 atom stereocenters. The topological polar surface area (TPSA) is 76.0 Å². The van der Waals surface area contributed by atoms with E-state index in [1.807, 2.05) is 36.4 Å². The smallest absolute Gasteiger partial charge is 0.303 e. The van der Waals surface area contributed by atoms with Crippen LogP contribution in [0.25, 0.3) is 0 Å². The van der Waals surface area contributed by atoms with Gasteiger partial charge in [0.25, 0.3) is 0 Å². The van der Waals surface area contributed by atoms with Crippen LogP contribution in [0.15, 0.2) is 46.3 Å². The molecule has 5 nitrogen and oxygen atoms in total. The number of carbonyl (C=O) groups excluding carboxylic acids is 1. The molecule has 0 amide bonds. The van der Waals surface area contributed by atoms with Crippen LogP contribution in [0, 0.1) is 0 Å². The summed E-state index contributed by atoms with van der Waals surface area (Å²) < 4.78 is 5.32. The number of rotatable bonds is 11. The van der Waals surface area contributed by atoms with E-state index in [1.54, 1.807) is 13.3 Å². The van der Waals surface area contributed by atoms with Gasteiger partial charge < -0.3 is 9.84 Å². The number of carboxylic acids is 1. The number of hydrogen-bond donors (Lipinski definition) is 1. The van der Waals surface area contributed by atoms with Crippen LogP contribution < -0.4 is 4.74 Å². The number of aliphatic carboxylic acids is 1. The summed E-state index contributed by atoms with van der Waals surface area (Å²) in [5, 5.41) is 8.68. The molecule has 0 aliphatic carbocycles. The number of carbonyl (C=O) groups is 2. The molecular formula is C19H23NO4S. The minimum absolute atomic E-state index is 0.0617. The lowest BCUT2D eigenvalue weighted by atomic mass is 9.89. The molecule has 1 heterocycles. The number of benzene rings is 1. The molecule has 0 aromatic heterocycles. The molecule has 0 saturated carbocycles. The summed E-state index contributed by atoms with van der Waals surface area (Å²) in [6, 6.07) is 7.62. The number of ether oxygens (including phenoxy) is 1. The van der Waals surface area contributed by atoms with Gasteiger partial charge in [-0.1, -0.05) is 25.0 Å². The van der Waals surface area contributed by atoms with Gasteiger partial charge in [-0.3, -0.25) is 14.6 Å². The van der Waals surface area contributed by atoms with Crippen LogP contribution in [-0.2, 0) is 9.59 Å². The fourth-order valence-electron chi connectivity index (χ4n) is 2.73. The third-order valence-electron chi connectivity index (χ3n) is 4.12. The molecule has 0 spiro atoms. The van der Waals surface area contributed by atoms with E-state index in [-0.39, 0.29) is 12.2 Å². The molecular weight excluding hydrogens is 338 g/mol. The van der Waals surface area contributed by atoms with Gasteiger partial charge >= 0.3 is 5.97 Å². The maximum absolute atomic E-state index is 12.8. The molecule has 6 heteroatoms. The van der Waals surface area contributed by atoms with E-state index < -0.39 is 11.5 Å². The average molecular weight is 361 g/mol. The summed E-state index contributed by atoms with van der Waals surface area (Å²) in [7, 11) is 1.61. The van der Waals surface area contributed by atoms with Crippen LogP contribution in [-0.4, -0.2) is 41.5 Å². The van der Waals surface area contributed by atoms with Crippen LogP contribution in [0.1, 0.15) is 32.1 Å². The monoisotopic (exact) mass is 361 g/mol. The zero-order valence-corrected chi connectivity index (χ0v) is 15.1. The Morgan fingerprint density at radius 2 is 2.04 bits per heavy atom. The van der Waals surface area contributed by atoms with Crippen molar-refractivity contribution < 1.29 is 19.4 Å². The normalized spacial score (nSPS) is 18.4. The Labute approximate surface area is 152 Å². The van der Waals surface area contributed by atoms with Gasteiger partial charge in [-0.05, 0) is 37.1 Å². The zero-order chi connectivity index (χ0) is 18.1. The standard InChI is InChI=1S/C19H23NO4S/c1-24-15-8-4-5-9-16(15)25-14-17(21)19(12-7-13-20-19)11-6-2-3-10-18(22)23/h4-5,7-9,12-13H,2-3,6,10-11,14H2,1H3,(H,22,23). The molecule has 2 rings (SSSR count). The van der Waals surface area contributed by atoms with Crippen LogP contribution in [0.5, 0.6) is 5.75 Å². The van der Waals surface area contributed by atoms with Crippen molar-refractivity contribution in [1.29, 1.82) is 0 Å². The summed E-state index contributed by atoms with van der Waals surface area (Å²) in [4.78, 5) is 28.7. The largest absolute Gasteiger partial charge is 0.496 e. The molecule has 1 aliphatic rings. The lowest BCUT2D eigenvalue weighted by Crippen LogP contribution is -2.35. The summed E-state index contributed by atoms with van der Waals surface area (Å²) in [6.45, 7) is 0. The fraction of sp³-hybridized carbons (Fsp3) is 0.421. The van der Waals surface area contributed by atoms with Crippen molar-refractivity contribution in [2.45, 2.75) is 42.5 Å². The quantitative estimate of drug-likeness (QED) is 0.480. The van der Waals surface area contributed by atoms with E-state index in [0.717, 1.165) is 23.5 Å². The number of hydrogen-bond acceptors (Lipinski definition) is 5. The summed E-state index contributed by atoms with van der Waals surface area (Å²) >= 11 is 1.45. The predicted molar refractivity (Wildman–Crippen MR) is 99.8 cm³/mol. The molecule has 134 valence electrons. The van der Waals surface area contributed by atoms with E-state index in [1.165, 1.54) is 11.8 Å². The van der Waals surface area contributed by atoms with Crippen LogP contribution in [0.2, 0.25) is 0 Å². The first-order valence-electron chi connectivity index (χ1n) is 8.31. The number of aliphatic imine (C=N–C) groups is 1. The SMILES string of the molecule is COc1ccccc1SCC(=O)C1(CCCCCC(=O)O)C=CC=N1. The van der Waals surface area contributed by atoms with E-state index in [4.69, 9.17) is 9.84 Å². The van der Waals surface area contributed by atoms with E-state index >= 15 is 0 Å². The van der Waals surface area contributed by atoms with Crippen molar-refractivity contribution in [2.75, 3.05) is 12.9 Å². The van der Waals surface area contributed by atoms with Gasteiger partial charge in [0.15, 0.2) is 5.78 Å². The summed E-state index contributed by atoms with van der Waals surface area (Å²) in [6.07, 6.45) is 8.31. The highest BCUT2D eigenvalue weighted by atomic mass is 32.2. The third-order valence-corrected chi connectivity index (χ3v) is 5.18. The average Bonchev–Trinajstić information content (AvgIpc) is 3.09. The van der Waals surface area contributed by atoms with Crippen molar-refractivity contribution in [3.63, 3.8) is 0 Å². The lowest BCUT2D eigenvalue weighted by Gasteiger charge is -2.22. The van der Waals surface area contributed by atoms with Gasteiger partial charge in [0.2, 0.25) is 0 Å². The molecule has 1 aliphatic heterocycles. The van der Waals surface area contributed by atoms with Crippen LogP contribution >= 0.6 is 11.8 Å². The van der Waals surface area contributed by atoms with Crippen molar-refractivity contribution in [3.8, 4) is 5.75 Å². The van der Waals surface area contributed by atoms with E-state index in [2.05, 4.69) is 4.99 Å². The van der Waals surface area contributed by atoms with E-state index in [9.17, 15) is 9.59 Å². The predicted octanol–water partition coefficient (Wildman–Crippen LogP) is 3.77. The first kappa shape index (κ1) is 19.2. The first-order chi connectivity index (χ1) is 12.1. The second kappa shape index (κ2) is 9.42. The highest BCUT2D eigenvalue weighted by Gasteiger charge is 2.35. The Kier molecular flexibility index (Phi) is 7.25. The molecule has 1 aromatic carbocycles. The maximum Gasteiger partial charge on any atom is 0.303 e. The Morgan fingerprint density at radius 3 is 2.72 bits per heavy atom. The molecule has 25 heavy (non-hydrogen) atoms. The lowest BCUT2D eigenvalue weighted by molar-refractivity contribution is -0.137. The Balaban J connectivity index is 1.90. The molecule has 0 radical (unpaired) electrons. The first-order valence-corrected chi connectivity index (χ1v) is 9.30. The molecule has 1 aromatic rings. The number of unbranched alkanes of at least 4 members (excludes halogenated alkanes) is 2. The van der Waals surface area contributed by atoms with Crippen molar-refractivity contribution in [2.24, 2.45) is 4.99 Å². The molecule has 1 N–H and O–H groups in total. The third kappa shape index (κ3) is 5.46. The second-order valence-electron chi connectivity index (χ2n) is 5.88. The van der Waals surface area contributed by atoms with Gasteiger partial charge in [-0.25, -0.2) is 0 Å². The summed E-state index contributed by atoms with van der Waals surface area (Å²) in [5.41, 5.74) is -0.793. The van der Waals surface area contributed by atoms with Gasteiger partial charge in [0, 0.05) is 17.5 Å². The van der Waals surface area contributed by atoms with Gasteiger partial charge in [-0.15, -0.1) is 11.8 Å². The van der Waals surface area contributed by atoms with Crippen molar-refractivity contribution in [1.82, 2.24) is 0 Å². The number of allylic oxidation sites excluding steroid dienone is 1. The second-order valence-corrected chi connectivity index (χ2v) is 6.90. The molecule has 1 unspecified atom stereocenters. The van der Waals surface area contributed by atoms with E-state index in [0.29, 0.717) is 18.6 Å².